The number of amides is 1. The van der Waals surface area contributed by atoms with Gasteiger partial charge in [-0.25, -0.2) is 8.78 Å². The van der Waals surface area contributed by atoms with Crippen molar-refractivity contribution in [3.8, 4) is 0 Å². The van der Waals surface area contributed by atoms with Crippen molar-refractivity contribution in [2.75, 3.05) is 25.0 Å². The SMILES string of the molecule is CCc1ccc2c(c1)[C@H](NC[C@@H](O)[C@H](Cc1cc(F)cc(F)c1)NC(C)=O)CCN2C. The van der Waals surface area contributed by atoms with Crippen molar-refractivity contribution in [2.24, 2.45) is 0 Å². The average Bonchev–Trinajstić information content (AvgIpc) is 2.71. The fourth-order valence-electron chi connectivity index (χ4n) is 4.19. The highest BCUT2D eigenvalue weighted by Gasteiger charge is 2.26. The summed E-state index contributed by atoms with van der Waals surface area (Å²) in [6.45, 7) is 4.61. The van der Waals surface area contributed by atoms with E-state index in [4.69, 9.17) is 0 Å². The Morgan fingerprint density at radius 1 is 1.19 bits per heavy atom. The Bertz CT molecular complexity index is 901. The number of nitrogens with one attached hydrogen (secondary N) is 2. The molecule has 3 rings (SSSR count). The molecule has 0 spiro atoms. The maximum atomic E-state index is 13.6. The largest absolute Gasteiger partial charge is 0.390 e. The molecule has 2 aromatic rings. The number of rotatable bonds is 8. The molecule has 0 aliphatic carbocycles. The van der Waals surface area contributed by atoms with E-state index in [1.54, 1.807) is 0 Å². The number of anilines is 1. The monoisotopic (exact) mass is 431 g/mol. The van der Waals surface area contributed by atoms with Crippen molar-refractivity contribution in [2.45, 2.75) is 51.3 Å². The van der Waals surface area contributed by atoms with E-state index < -0.39 is 23.8 Å². The summed E-state index contributed by atoms with van der Waals surface area (Å²) in [5.74, 6) is -1.67. The summed E-state index contributed by atoms with van der Waals surface area (Å²) in [6.07, 6.45) is 1.04. The zero-order valence-electron chi connectivity index (χ0n) is 18.3. The van der Waals surface area contributed by atoms with Gasteiger partial charge < -0.3 is 20.6 Å². The molecule has 0 unspecified atom stereocenters. The Kier molecular flexibility index (Phi) is 7.62. The van der Waals surface area contributed by atoms with Gasteiger partial charge in [0.05, 0.1) is 12.1 Å². The lowest BCUT2D eigenvalue weighted by atomic mass is 9.93. The Morgan fingerprint density at radius 3 is 2.55 bits per heavy atom. The molecule has 5 nitrogen and oxygen atoms in total. The second-order valence-electron chi connectivity index (χ2n) is 8.27. The first-order valence-corrected chi connectivity index (χ1v) is 10.7. The molecular formula is C24H31F2N3O2. The first-order chi connectivity index (χ1) is 14.8. The minimum atomic E-state index is -0.923. The number of aliphatic hydroxyl groups is 1. The molecule has 31 heavy (non-hydrogen) atoms. The fraction of sp³-hybridized carbons (Fsp3) is 0.458. The maximum Gasteiger partial charge on any atom is 0.217 e. The highest BCUT2D eigenvalue weighted by Crippen LogP contribution is 2.33. The van der Waals surface area contributed by atoms with Crippen LogP contribution in [-0.2, 0) is 17.6 Å². The smallest absolute Gasteiger partial charge is 0.217 e. The highest BCUT2D eigenvalue weighted by molar-refractivity contribution is 5.73. The van der Waals surface area contributed by atoms with Crippen molar-refractivity contribution in [1.82, 2.24) is 10.6 Å². The van der Waals surface area contributed by atoms with Crippen molar-refractivity contribution in [3.63, 3.8) is 0 Å². The van der Waals surface area contributed by atoms with Gasteiger partial charge in [-0.15, -0.1) is 0 Å². The van der Waals surface area contributed by atoms with Gasteiger partial charge in [0.2, 0.25) is 5.91 Å². The predicted octanol–water partition coefficient (Wildman–Crippen LogP) is 3.11. The number of nitrogens with zero attached hydrogens (tertiary/aromatic N) is 1. The third-order valence-corrected chi connectivity index (χ3v) is 5.84. The molecule has 7 heteroatoms. The van der Waals surface area contributed by atoms with Gasteiger partial charge >= 0.3 is 0 Å². The molecule has 2 aromatic carbocycles. The maximum absolute atomic E-state index is 13.6. The van der Waals surface area contributed by atoms with Gasteiger partial charge in [-0.05, 0) is 54.2 Å². The van der Waals surface area contributed by atoms with Gasteiger partial charge in [-0.1, -0.05) is 19.1 Å². The average molecular weight is 432 g/mol. The first-order valence-electron chi connectivity index (χ1n) is 10.7. The van der Waals surface area contributed by atoms with Crippen LogP contribution in [0.15, 0.2) is 36.4 Å². The van der Waals surface area contributed by atoms with E-state index in [0.717, 1.165) is 25.5 Å². The minimum Gasteiger partial charge on any atom is -0.390 e. The number of carbonyl (C=O) groups is 1. The number of aliphatic hydroxyl groups excluding tert-OH is 1. The van der Waals surface area contributed by atoms with Gasteiger partial charge in [0.15, 0.2) is 0 Å². The number of fused-ring (bicyclic) bond motifs is 1. The lowest BCUT2D eigenvalue weighted by Crippen LogP contribution is -2.49. The lowest BCUT2D eigenvalue weighted by Gasteiger charge is -2.35. The summed E-state index contributed by atoms with van der Waals surface area (Å²) in [7, 11) is 2.07. The zero-order chi connectivity index (χ0) is 22.5. The molecular weight excluding hydrogens is 400 g/mol. The number of hydrogen-bond donors (Lipinski definition) is 3. The number of carbonyl (C=O) groups excluding carboxylic acids is 1. The summed E-state index contributed by atoms with van der Waals surface area (Å²) in [4.78, 5) is 13.9. The molecule has 0 saturated carbocycles. The third kappa shape index (κ3) is 6.02. The van der Waals surface area contributed by atoms with E-state index >= 15 is 0 Å². The number of aryl methyl sites for hydroxylation is 1. The van der Waals surface area contributed by atoms with Crippen LogP contribution in [0.4, 0.5) is 14.5 Å². The van der Waals surface area contributed by atoms with E-state index in [1.807, 2.05) is 0 Å². The quantitative estimate of drug-likeness (QED) is 0.601. The molecule has 1 heterocycles. The predicted molar refractivity (Wildman–Crippen MR) is 118 cm³/mol. The fourth-order valence-corrected chi connectivity index (χ4v) is 4.19. The van der Waals surface area contributed by atoms with Crippen LogP contribution in [-0.4, -0.2) is 43.3 Å². The van der Waals surface area contributed by atoms with Gasteiger partial charge in [-0.3, -0.25) is 4.79 Å². The van der Waals surface area contributed by atoms with Crippen LogP contribution < -0.4 is 15.5 Å². The normalized spacial score (nSPS) is 17.7. The number of benzene rings is 2. The molecule has 0 fully saturated rings. The van der Waals surface area contributed by atoms with Crippen LogP contribution in [0.2, 0.25) is 0 Å². The van der Waals surface area contributed by atoms with Crippen LogP contribution in [0, 0.1) is 11.6 Å². The molecule has 0 radical (unpaired) electrons. The lowest BCUT2D eigenvalue weighted by molar-refractivity contribution is -0.120. The molecule has 1 aliphatic heterocycles. The highest BCUT2D eigenvalue weighted by atomic mass is 19.1. The Hall–Kier alpha value is -2.51. The van der Waals surface area contributed by atoms with Crippen LogP contribution in [0.5, 0.6) is 0 Å². The molecule has 1 amide bonds. The van der Waals surface area contributed by atoms with Crippen LogP contribution in [0.1, 0.15) is 43.0 Å². The van der Waals surface area contributed by atoms with Crippen LogP contribution >= 0.6 is 0 Å². The van der Waals surface area contributed by atoms with E-state index in [9.17, 15) is 18.7 Å². The van der Waals surface area contributed by atoms with Crippen LogP contribution in [0.25, 0.3) is 0 Å². The summed E-state index contributed by atoms with van der Waals surface area (Å²) in [6, 6.07) is 9.13. The second-order valence-corrected chi connectivity index (χ2v) is 8.27. The number of halogens is 2. The Labute approximate surface area is 182 Å². The van der Waals surface area contributed by atoms with Gasteiger partial charge in [0, 0.05) is 44.9 Å². The van der Waals surface area contributed by atoms with Gasteiger partial charge in [0.1, 0.15) is 11.6 Å². The molecule has 168 valence electrons. The van der Waals surface area contributed by atoms with Crippen molar-refractivity contribution in [3.05, 3.63) is 64.7 Å². The van der Waals surface area contributed by atoms with E-state index in [2.05, 4.69) is 47.7 Å². The molecule has 1 aliphatic rings. The summed E-state index contributed by atoms with van der Waals surface area (Å²) < 4.78 is 27.1. The summed E-state index contributed by atoms with van der Waals surface area (Å²) in [5.41, 5.74) is 4.01. The van der Waals surface area contributed by atoms with Gasteiger partial charge in [0.25, 0.3) is 0 Å². The molecule has 3 N–H and O–H groups in total. The Balaban J connectivity index is 1.71. The minimum absolute atomic E-state index is 0.0805. The van der Waals surface area contributed by atoms with Crippen molar-refractivity contribution in [1.29, 1.82) is 0 Å². The first kappa shape index (κ1) is 23.2. The van der Waals surface area contributed by atoms with Gasteiger partial charge in [-0.2, -0.15) is 0 Å². The van der Waals surface area contributed by atoms with Crippen molar-refractivity contribution >= 4 is 11.6 Å². The number of hydrogen-bond acceptors (Lipinski definition) is 4. The molecule has 0 aromatic heterocycles. The third-order valence-electron chi connectivity index (χ3n) is 5.84. The van der Waals surface area contributed by atoms with E-state index in [0.29, 0.717) is 5.56 Å². The summed E-state index contributed by atoms with van der Waals surface area (Å²) in [5, 5.41) is 17.0. The van der Waals surface area contributed by atoms with Crippen molar-refractivity contribution < 1.29 is 18.7 Å². The Morgan fingerprint density at radius 2 is 1.90 bits per heavy atom. The topological polar surface area (TPSA) is 64.6 Å². The van der Waals surface area contributed by atoms with Crippen LogP contribution in [0.3, 0.4) is 0 Å². The molecule has 0 saturated heterocycles. The zero-order valence-corrected chi connectivity index (χ0v) is 18.3. The second kappa shape index (κ2) is 10.2. The molecule has 0 bridgehead atoms. The van der Waals surface area contributed by atoms with E-state index in [-0.39, 0.29) is 24.9 Å². The van der Waals surface area contributed by atoms with E-state index in [1.165, 1.54) is 35.9 Å². The summed E-state index contributed by atoms with van der Waals surface area (Å²) >= 11 is 0. The molecule has 3 atom stereocenters. The standard InChI is InChI=1S/C24H31F2N3O2/c1-4-16-5-6-23-20(11-16)21(7-8-29(23)3)27-14-24(31)22(28-15(2)30)12-17-9-18(25)13-19(26)10-17/h5-6,9-11,13,21-22,24,27,31H,4,7-8,12,14H2,1-3H3,(H,28,30)/t21-,22+,24-/m1/s1.